The van der Waals surface area contributed by atoms with Gasteiger partial charge in [-0.05, 0) is 35.9 Å². The average molecular weight is 480 g/mol. The number of alkyl halides is 3. The number of amides is 3. The molecule has 0 bridgehead atoms. The summed E-state index contributed by atoms with van der Waals surface area (Å²) in [6, 6.07) is 8.19. The standard InChI is InChI=1S/C21H12F4N2O3S2/c22-12-7-5-11(6-8-12)9-16-19(30)27(20(31)32-16)15-10-17(28)26(18(15)29)14-4-2-1-3-13(14)21(23,24)25/h1-9,15H,10H2/b16-9-. The van der Waals surface area contributed by atoms with Crippen molar-refractivity contribution < 1.29 is 31.9 Å². The molecular weight excluding hydrogens is 468 g/mol. The van der Waals surface area contributed by atoms with E-state index in [-0.39, 0.29) is 9.23 Å². The van der Waals surface area contributed by atoms with Crippen LogP contribution in [0.5, 0.6) is 0 Å². The van der Waals surface area contributed by atoms with Crippen LogP contribution in [-0.2, 0) is 20.6 Å². The highest BCUT2D eigenvalue weighted by Gasteiger charge is 2.50. The first kappa shape index (κ1) is 22.2. The number of imide groups is 1. The third-order valence-electron chi connectivity index (χ3n) is 4.88. The van der Waals surface area contributed by atoms with Crippen LogP contribution in [0.4, 0.5) is 23.2 Å². The molecule has 164 valence electrons. The summed E-state index contributed by atoms with van der Waals surface area (Å²) in [4.78, 5) is 40.0. The molecule has 0 N–H and O–H groups in total. The molecule has 2 aromatic carbocycles. The maximum Gasteiger partial charge on any atom is 0.418 e. The van der Waals surface area contributed by atoms with Crippen molar-refractivity contribution in [1.29, 1.82) is 0 Å². The van der Waals surface area contributed by atoms with Gasteiger partial charge in [-0.25, -0.2) is 9.29 Å². The van der Waals surface area contributed by atoms with Crippen molar-refractivity contribution >= 4 is 57.8 Å². The molecule has 0 radical (unpaired) electrons. The van der Waals surface area contributed by atoms with Gasteiger partial charge in [-0.1, -0.05) is 48.2 Å². The summed E-state index contributed by atoms with van der Waals surface area (Å²) in [6.07, 6.45) is -3.83. The van der Waals surface area contributed by atoms with Crippen molar-refractivity contribution in [3.05, 3.63) is 70.4 Å². The van der Waals surface area contributed by atoms with E-state index in [1.165, 1.54) is 36.4 Å². The van der Waals surface area contributed by atoms with Crippen LogP contribution < -0.4 is 4.90 Å². The van der Waals surface area contributed by atoms with Gasteiger partial charge in [0.2, 0.25) is 5.91 Å². The number of anilines is 1. The quantitative estimate of drug-likeness (QED) is 0.283. The molecule has 2 heterocycles. The number of carbonyl (C=O) groups is 3. The van der Waals surface area contributed by atoms with Gasteiger partial charge >= 0.3 is 6.18 Å². The smallest absolute Gasteiger partial charge is 0.280 e. The number of hydrogen-bond acceptors (Lipinski definition) is 5. The molecule has 0 spiro atoms. The number of halogens is 4. The van der Waals surface area contributed by atoms with E-state index >= 15 is 0 Å². The van der Waals surface area contributed by atoms with Gasteiger partial charge in [0.1, 0.15) is 16.2 Å². The molecule has 2 aliphatic heterocycles. The summed E-state index contributed by atoms with van der Waals surface area (Å²) >= 11 is 6.09. The van der Waals surface area contributed by atoms with Crippen LogP contribution in [0.1, 0.15) is 17.5 Å². The molecule has 0 aromatic heterocycles. The lowest BCUT2D eigenvalue weighted by Gasteiger charge is -2.23. The first-order valence-corrected chi connectivity index (χ1v) is 10.4. The molecule has 0 aliphatic carbocycles. The Kier molecular flexibility index (Phi) is 5.63. The van der Waals surface area contributed by atoms with Crippen LogP contribution in [0.3, 0.4) is 0 Å². The monoisotopic (exact) mass is 480 g/mol. The molecule has 3 amide bonds. The van der Waals surface area contributed by atoms with E-state index in [0.29, 0.717) is 10.5 Å². The van der Waals surface area contributed by atoms with E-state index in [1.54, 1.807) is 0 Å². The molecule has 1 unspecified atom stereocenters. The van der Waals surface area contributed by atoms with Gasteiger partial charge in [-0.2, -0.15) is 13.2 Å². The van der Waals surface area contributed by atoms with Crippen LogP contribution >= 0.6 is 24.0 Å². The van der Waals surface area contributed by atoms with Crippen molar-refractivity contribution in [2.75, 3.05) is 4.90 Å². The molecule has 0 saturated carbocycles. The summed E-state index contributed by atoms with van der Waals surface area (Å²) in [5.41, 5.74) is -1.21. The maximum atomic E-state index is 13.4. The largest absolute Gasteiger partial charge is 0.418 e. The zero-order chi connectivity index (χ0) is 23.2. The second-order valence-electron chi connectivity index (χ2n) is 6.91. The molecule has 2 aromatic rings. The molecule has 32 heavy (non-hydrogen) atoms. The average Bonchev–Trinajstić information content (AvgIpc) is 3.17. The Morgan fingerprint density at radius 3 is 2.34 bits per heavy atom. The molecule has 4 rings (SSSR count). The van der Waals surface area contributed by atoms with Gasteiger partial charge in [0.25, 0.3) is 11.8 Å². The Morgan fingerprint density at radius 2 is 1.69 bits per heavy atom. The van der Waals surface area contributed by atoms with E-state index in [4.69, 9.17) is 12.2 Å². The van der Waals surface area contributed by atoms with Gasteiger partial charge in [0.05, 0.1) is 22.6 Å². The highest BCUT2D eigenvalue weighted by Crippen LogP contribution is 2.41. The fourth-order valence-electron chi connectivity index (χ4n) is 3.44. The van der Waals surface area contributed by atoms with Crippen LogP contribution in [0, 0.1) is 5.82 Å². The molecule has 11 heteroatoms. The highest BCUT2D eigenvalue weighted by molar-refractivity contribution is 8.26. The van der Waals surface area contributed by atoms with E-state index in [1.807, 2.05) is 0 Å². The van der Waals surface area contributed by atoms with E-state index < -0.39 is 53.4 Å². The summed E-state index contributed by atoms with van der Waals surface area (Å²) in [6.45, 7) is 0. The molecule has 5 nitrogen and oxygen atoms in total. The minimum Gasteiger partial charge on any atom is -0.280 e. The van der Waals surface area contributed by atoms with Gasteiger partial charge in [-0.15, -0.1) is 0 Å². The summed E-state index contributed by atoms with van der Waals surface area (Å²) in [5, 5.41) is 0. The molecule has 2 saturated heterocycles. The molecule has 2 aliphatic rings. The Bertz CT molecular complexity index is 1180. The van der Waals surface area contributed by atoms with Gasteiger partial charge in [-0.3, -0.25) is 19.3 Å². The lowest BCUT2D eigenvalue weighted by Crippen LogP contribution is -2.44. The number of rotatable bonds is 3. The zero-order valence-electron chi connectivity index (χ0n) is 15.9. The molecule has 2 fully saturated rings. The Labute approximate surface area is 188 Å². The Balaban J connectivity index is 1.64. The van der Waals surface area contributed by atoms with Crippen LogP contribution in [0.25, 0.3) is 6.08 Å². The summed E-state index contributed by atoms with van der Waals surface area (Å²) in [5.74, 6) is -2.94. The Hall–Kier alpha value is -3.05. The molecule has 1 atom stereocenters. The summed E-state index contributed by atoms with van der Waals surface area (Å²) in [7, 11) is 0. The number of para-hydroxylation sites is 1. The van der Waals surface area contributed by atoms with E-state index in [0.717, 1.165) is 34.9 Å². The van der Waals surface area contributed by atoms with Gasteiger partial charge < -0.3 is 0 Å². The van der Waals surface area contributed by atoms with Crippen molar-refractivity contribution in [1.82, 2.24) is 4.90 Å². The second-order valence-corrected chi connectivity index (χ2v) is 8.58. The number of nitrogens with zero attached hydrogens (tertiary/aromatic N) is 2. The van der Waals surface area contributed by atoms with E-state index in [2.05, 4.69) is 0 Å². The number of hydrogen-bond donors (Lipinski definition) is 0. The third-order valence-corrected chi connectivity index (χ3v) is 6.21. The normalized spacial score (nSPS) is 20.8. The van der Waals surface area contributed by atoms with Crippen molar-refractivity contribution in [2.24, 2.45) is 0 Å². The fraction of sp³-hybridized carbons (Fsp3) is 0.143. The second kappa shape index (κ2) is 8.14. The molecular formula is C21H12F4N2O3S2. The van der Waals surface area contributed by atoms with Crippen LogP contribution in [0.2, 0.25) is 0 Å². The summed E-state index contributed by atoms with van der Waals surface area (Å²) < 4.78 is 53.3. The van der Waals surface area contributed by atoms with Gasteiger partial charge in [0.15, 0.2) is 0 Å². The minimum absolute atomic E-state index is 0.000434. The Morgan fingerprint density at radius 1 is 1.03 bits per heavy atom. The topological polar surface area (TPSA) is 57.7 Å². The number of thioether (sulfide) groups is 1. The first-order chi connectivity index (χ1) is 15.1. The third kappa shape index (κ3) is 3.93. The minimum atomic E-state index is -4.78. The van der Waals surface area contributed by atoms with Crippen molar-refractivity contribution in [2.45, 2.75) is 18.6 Å². The predicted molar refractivity (Wildman–Crippen MR) is 114 cm³/mol. The van der Waals surface area contributed by atoms with E-state index in [9.17, 15) is 31.9 Å². The lowest BCUT2D eigenvalue weighted by molar-refractivity contribution is -0.137. The van der Waals surface area contributed by atoms with Gasteiger partial charge in [0, 0.05) is 0 Å². The predicted octanol–water partition coefficient (Wildman–Crippen LogP) is 4.38. The van der Waals surface area contributed by atoms with Crippen molar-refractivity contribution in [3.8, 4) is 0 Å². The van der Waals surface area contributed by atoms with Crippen molar-refractivity contribution in [3.63, 3.8) is 0 Å². The maximum absolute atomic E-state index is 13.4. The fourth-order valence-corrected chi connectivity index (χ4v) is 4.79. The van der Waals surface area contributed by atoms with Crippen LogP contribution in [-0.4, -0.2) is 33.0 Å². The SMILES string of the molecule is O=C1CC(N2C(=O)/C(=C/c3ccc(F)cc3)SC2=S)C(=O)N1c1ccccc1C(F)(F)F. The number of thiocarbonyl (C=S) groups is 1. The number of benzene rings is 2. The van der Waals surface area contributed by atoms with Crippen LogP contribution in [0.15, 0.2) is 53.4 Å². The first-order valence-electron chi connectivity index (χ1n) is 9.13. The number of carbonyl (C=O) groups excluding carboxylic acids is 3. The lowest BCUT2D eigenvalue weighted by atomic mass is 10.1. The zero-order valence-corrected chi connectivity index (χ0v) is 17.6. The highest BCUT2D eigenvalue weighted by atomic mass is 32.2.